The lowest BCUT2D eigenvalue weighted by molar-refractivity contribution is 0.314. The van der Waals surface area contributed by atoms with Gasteiger partial charge >= 0.3 is 0 Å². The van der Waals surface area contributed by atoms with Crippen molar-refractivity contribution in [3.63, 3.8) is 0 Å². The number of rotatable bonds is 8. The SMILES string of the molecule is S=C1N[C@H](c2ccccn2)[C@@H](c2ccn(C3CCCCC3)c2)N1CCCNc1ccccc1. The molecule has 2 atom stereocenters. The van der Waals surface area contributed by atoms with Crippen LogP contribution in [0.4, 0.5) is 5.69 Å². The molecule has 2 N–H and O–H groups in total. The third-order valence-corrected chi connectivity index (χ3v) is 7.30. The summed E-state index contributed by atoms with van der Waals surface area (Å²) in [6, 6.07) is 19.6. The highest BCUT2D eigenvalue weighted by molar-refractivity contribution is 7.80. The van der Waals surface area contributed by atoms with E-state index in [0.717, 1.165) is 36.0 Å². The lowest BCUT2D eigenvalue weighted by Crippen LogP contribution is -2.31. The van der Waals surface area contributed by atoms with E-state index in [1.807, 2.05) is 18.3 Å². The fourth-order valence-corrected chi connectivity index (χ4v) is 5.59. The maximum absolute atomic E-state index is 5.83. The van der Waals surface area contributed by atoms with Crippen molar-refractivity contribution in [1.29, 1.82) is 0 Å². The molecule has 172 valence electrons. The van der Waals surface area contributed by atoms with Gasteiger partial charge in [0, 0.05) is 43.4 Å². The Labute approximate surface area is 202 Å². The molecule has 6 heteroatoms. The zero-order valence-corrected chi connectivity index (χ0v) is 19.9. The molecule has 0 spiro atoms. The molecule has 1 aliphatic heterocycles. The Kier molecular flexibility index (Phi) is 6.91. The van der Waals surface area contributed by atoms with Crippen molar-refractivity contribution in [3.05, 3.63) is 84.4 Å². The fourth-order valence-electron chi connectivity index (χ4n) is 5.26. The summed E-state index contributed by atoms with van der Waals surface area (Å²) in [6.45, 7) is 1.81. The summed E-state index contributed by atoms with van der Waals surface area (Å²) in [6.07, 6.45) is 14.1. The number of nitrogens with zero attached hydrogens (tertiary/aromatic N) is 3. The van der Waals surface area contributed by atoms with Crippen LogP contribution in [0.5, 0.6) is 0 Å². The molecule has 1 aliphatic carbocycles. The normalized spacial score (nSPS) is 21.2. The summed E-state index contributed by atoms with van der Waals surface area (Å²) in [7, 11) is 0. The molecule has 2 fully saturated rings. The number of nitrogens with one attached hydrogen (secondary N) is 2. The Morgan fingerprint density at radius 1 is 1.00 bits per heavy atom. The second-order valence-electron chi connectivity index (χ2n) is 9.15. The minimum absolute atomic E-state index is 0.0583. The van der Waals surface area contributed by atoms with Crippen molar-refractivity contribution >= 4 is 23.0 Å². The Balaban J connectivity index is 1.33. The van der Waals surface area contributed by atoms with Gasteiger partial charge in [0.25, 0.3) is 0 Å². The summed E-state index contributed by atoms with van der Waals surface area (Å²) in [4.78, 5) is 7.03. The Bertz CT molecular complexity index is 1030. The van der Waals surface area contributed by atoms with E-state index in [2.05, 4.69) is 79.9 Å². The summed E-state index contributed by atoms with van der Waals surface area (Å²) in [5.74, 6) is 0. The summed E-state index contributed by atoms with van der Waals surface area (Å²) in [5.41, 5.74) is 3.52. The van der Waals surface area contributed by atoms with E-state index in [4.69, 9.17) is 12.2 Å². The van der Waals surface area contributed by atoms with Crippen LogP contribution in [0.25, 0.3) is 0 Å². The van der Waals surface area contributed by atoms with Crippen LogP contribution in [-0.2, 0) is 0 Å². The number of benzene rings is 1. The standard InChI is InChI=1S/C27H33N5S/c33-27-30-25(24-14-7-8-16-29-24)26(21-15-19-31(20-21)23-12-5-2-6-13-23)32(27)18-9-17-28-22-10-3-1-4-11-22/h1,3-4,7-8,10-11,14-16,19-20,23,25-26,28H,2,5-6,9,12-13,17-18H2,(H,30,33)/t25-,26-/m1/s1. The van der Waals surface area contributed by atoms with Crippen LogP contribution in [0.15, 0.2) is 73.2 Å². The van der Waals surface area contributed by atoms with Crippen LogP contribution in [0, 0.1) is 0 Å². The van der Waals surface area contributed by atoms with E-state index in [9.17, 15) is 0 Å². The number of anilines is 1. The predicted octanol–water partition coefficient (Wildman–Crippen LogP) is 5.86. The topological polar surface area (TPSA) is 45.1 Å². The summed E-state index contributed by atoms with van der Waals surface area (Å²) < 4.78 is 2.44. The minimum atomic E-state index is 0.0583. The largest absolute Gasteiger partial charge is 0.385 e. The van der Waals surface area contributed by atoms with Crippen molar-refractivity contribution in [2.45, 2.75) is 56.7 Å². The molecule has 0 bridgehead atoms. The lowest BCUT2D eigenvalue weighted by Gasteiger charge is -2.28. The molecule has 5 rings (SSSR count). The molecule has 3 aromatic rings. The molecule has 5 nitrogen and oxygen atoms in total. The maximum atomic E-state index is 5.83. The van der Waals surface area contributed by atoms with Crippen molar-refractivity contribution in [1.82, 2.24) is 19.8 Å². The van der Waals surface area contributed by atoms with Crippen LogP contribution in [-0.4, -0.2) is 32.7 Å². The van der Waals surface area contributed by atoms with Crippen LogP contribution in [0.2, 0.25) is 0 Å². The highest BCUT2D eigenvalue weighted by Gasteiger charge is 2.39. The number of pyridine rings is 1. The highest BCUT2D eigenvalue weighted by Crippen LogP contribution is 2.39. The van der Waals surface area contributed by atoms with Crippen molar-refractivity contribution in [2.24, 2.45) is 0 Å². The van der Waals surface area contributed by atoms with E-state index < -0.39 is 0 Å². The molecule has 0 amide bonds. The van der Waals surface area contributed by atoms with E-state index in [0.29, 0.717) is 6.04 Å². The number of hydrogen-bond acceptors (Lipinski definition) is 3. The highest BCUT2D eigenvalue weighted by atomic mass is 32.1. The van der Waals surface area contributed by atoms with E-state index in [1.54, 1.807) is 0 Å². The first-order valence-electron chi connectivity index (χ1n) is 12.2. The quantitative estimate of drug-likeness (QED) is 0.326. The molecule has 1 saturated carbocycles. The maximum Gasteiger partial charge on any atom is 0.170 e. The van der Waals surface area contributed by atoms with Gasteiger partial charge in [-0.3, -0.25) is 4.98 Å². The number of thiocarbonyl (C=S) groups is 1. The molecule has 3 heterocycles. The molecular weight excluding hydrogens is 426 g/mol. The second-order valence-corrected chi connectivity index (χ2v) is 9.54. The van der Waals surface area contributed by atoms with Gasteiger partial charge in [-0.15, -0.1) is 0 Å². The first kappa shape index (κ1) is 22.0. The molecule has 0 unspecified atom stereocenters. The Hall–Kier alpha value is -2.86. The molecule has 33 heavy (non-hydrogen) atoms. The van der Waals surface area contributed by atoms with Gasteiger partial charge in [-0.1, -0.05) is 43.5 Å². The number of aromatic nitrogens is 2. The van der Waals surface area contributed by atoms with Gasteiger partial charge < -0.3 is 20.1 Å². The molecule has 1 aromatic carbocycles. The molecular formula is C27H33N5S. The van der Waals surface area contributed by atoms with Crippen LogP contribution in [0.1, 0.15) is 67.9 Å². The smallest absolute Gasteiger partial charge is 0.170 e. The second kappa shape index (κ2) is 10.4. The van der Waals surface area contributed by atoms with Gasteiger partial charge in [-0.05, 0) is 67.4 Å². The van der Waals surface area contributed by atoms with Crippen LogP contribution >= 0.6 is 12.2 Å². The molecule has 2 aromatic heterocycles. The average Bonchev–Trinajstić information content (AvgIpc) is 3.48. The zero-order valence-electron chi connectivity index (χ0n) is 19.1. The summed E-state index contributed by atoms with van der Waals surface area (Å²) >= 11 is 5.83. The Morgan fingerprint density at radius 2 is 1.82 bits per heavy atom. The predicted molar refractivity (Wildman–Crippen MR) is 138 cm³/mol. The number of hydrogen-bond donors (Lipinski definition) is 2. The Morgan fingerprint density at radius 3 is 2.61 bits per heavy atom. The number of para-hydroxylation sites is 1. The first-order chi connectivity index (χ1) is 16.3. The monoisotopic (exact) mass is 459 g/mol. The summed E-state index contributed by atoms with van der Waals surface area (Å²) in [5, 5.41) is 7.92. The van der Waals surface area contributed by atoms with E-state index >= 15 is 0 Å². The van der Waals surface area contributed by atoms with Crippen molar-refractivity contribution in [3.8, 4) is 0 Å². The van der Waals surface area contributed by atoms with E-state index in [1.165, 1.54) is 37.7 Å². The van der Waals surface area contributed by atoms with E-state index in [-0.39, 0.29) is 12.1 Å². The van der Waals surface area contributed by atoms with Gasteiger partial charge in [0.15, 0.2) is 5.11 Å². The molecule has 2 aliphatic rings. The third kappa shape index (κ3) is 5.06. The van der Waals surface area contributed by atoms with Crippen LogP contribution in [0.3, 0.4) is 0 Å². The van der Waals surface area contributed by atoms with Crippen molar-refractivity contribution in [2.75, 3.05) is 18.4 Å². The minimum Gasteiger partial charge on any atom is -0.385 e. The lowest BCUT2D eigenvalue weighted by atomic mass is 9.95. The zero-order chi connectivity index (χ0) is 22.5. The average molecular weight is 460 g/mol. The fraction of sp³-hybridized carbons (Fsp3) is 0.407. The van der Waals surface area contributed by atoms with Gasteiger partial charge in [0.2, 0.25) is 0 Å². The van der Waals surface area contributed by atoms with Crippen molar-refractivity contribution < 1.29 is 0 Å². The first-order valence-corrected chi connectivity index (χ1v) is 12.6. The van der Waals surface area contributed by atoms with Crippen LogP contribution < -0.4 is 10.6 Å². The van der Waals surface area contributed by atoms with Gasteiger partial charge in [0.05, 0.1) is 17.8 Å². The van der Waals surface area contributed by atoms with Gasteiger partial charge in [0.1, 0.15) is 0 Å². The van der Waals surface area contributed by atoms with Gasteiger partial charge in [-0.2, -0.15) is 0 Å². The molecule has 0 radical (unpaired) electrons. The van der Waals surface area contributed by atoms with Gasteiger partial charge in [-0.25, -0.2) is 0 Å². The molecule has 1 saturated heterocycles. The third-order valence-electron chi connectivity index (χ3n) is 6.95.